The average Bonchev–Trinajstić information content (AvgIpc) is 3.76. The summed E-state index contributed by atoms with van der Waals surface area (Å²) in [6, 6.07) is 7.72. The van der Waals surface area contributed by atoms with Crippen LogP contribution in [-0.2, 0) is 24.1 Å². The van der Waals surface area contributed by atoms with E-state index in [0.29, 0.717) is 43.3 Å². The van der Waals surface area contributed by atoms with Gasteiger partial charge in [0.1, 0.15) is 23.0 Å². The predicted octanol–water partition coefficient (Wildman–Crippen LogP) is 5.37. The van der Waals surface area contributed by atoms with Crippen LogP contribution in [0.15, 0.2) is 24.3 Å². The van der Waals surface area contributed by atoms with Gasteiger partial charge in [-0.05, 0) is 74.6 Å². The molecule has 0 spiro atoms. The molecule has 1 atom stereocenters. The Morgan fingerprint density at radius 1 is 1.05 bits per heavy atom. The Morgan fingerprint density at radius 2 is 1.77 bits per heavy atom. The Kier molecular flexibility index (Phi) is 9.96. The third kappa shape index (κ3) is 7.37. The Labute approximate surface area is 231 Å². The van der Waals surface area contributed by atoms with Crippen LogP contribution in [0.3, 0.4) is 0 Å². The van der Waals surface area contributed by atoms with Crippen LogP contribution in [-0.4, -0.2) is 50.5 Å². The van der Waals surface area contributed by atoms with Crippen molar-refractivity contribution in [1.29, 1.82) is 0 Å². The minimum atomic E-state index is -0.794. The number of hydrogen-bond acceptors (Lipinski definition) is 6. The van der Waals surface area contributed by atoms with Gasteiger partial charge in [-0.25, -0.2) is 0 Å². The number of ether oxygens (including phenoxy) is 4. The third-order valence-electron chi connectivity index (χ3n) is 7.39. The number of rotatable bonds is 15. The van der Waals surface area contributed by atoms with E-state index in [1.54, 1.807) is 20.2 Å². The molecule has 1 aliphatic heterocycles. The first-order valence-electron chi connectivity index (χ1n) is 14.2. The second kappa shape index (κ2) is 13.6. The number of amides is 1. The topological polar surface area (TPSA) is 103 Å². The van der Waals surface area contributed by atoms with Crippen LogP contribution in [0.4, 0.5) is 0 Å². The highest BCUT2D eigenvalue weighted by Crippen LogP contribution is 2.41. The van der Waals surface area contributed by atoms with Crippen LogP contribution < -0.4 is 24.3 Å². The molecule has 0 radical (unpaired) electrons. The van der Waals surface area contributed by atoms with Gasteiger partial charge in [-0.15, -0.1) is 0 Å². The molecule has 39 heavy (non-hydrogen) atoms. The van der Waals surface area contributed by atoms with Crippen molar-refractivity contribution >= 4 is 11.9 Å². The summed E-state index contributed by atoms with van der Waals surface area (Å²) >= 11 is 0. The molecule has 1 heterocycles. The average molecular weight is 540 g/mol. The molecule has 0 bridgehead atoms. The number of fused-ring (bicyclic) bond motifs is 1. The first kappa shape index (κ1) is 28.6. The standard InChI is InChI=1S/C31H41NO7/c1-4-6-23-26(14-10-21-9-11-22(39-29(21)23)12-16-28(33)34)37-17-5-18-38-27-15-13-24(31(35)32-2)30(36-3)25(27)19-20-7-8-20/h10,13-15,20,22H,4-9,11-12,16-19H2,1-3H3,(H,32,35)(H,33,34)/t22-/m0/s1. The van der Waals surface area contributed by atoms with Crippen LogP contribution in [0.2, 0.25) is 0 Å². The zero-order chi connectivity index (χ0) is 27.8. The summed E-state index contributed by atoms with van der Waals surface area (Å²) < 4.78 is 24.3. The van der Waals surface area contributed by atoms with Gasteiger partial charge in [0.2, 0.25) is 0 Å². The van der Waals surface area contributed by atoms with Crippen LogP contribution >= 0.6 is 0 Å². The van der Waals surface area contributed by atoms with Crippen molar-refractivity contribution in [2.75, 3.05) is 27.4 Å². The molecule has 212 valence electrons. The van der Waals surface area contributed by atoms with Crippen molar-refractivity contribution in [3.63, 3.8) is 0 Å². The highest BCUT2D eigenvalue weighted by molar-refractivity contribution is 5.97. The van der Waals surface area contributed by atoms with E-state index >= 15 is 0 Å². The molecule has 8 nitrogen and oxygen atoms in total. The Balaban J connectivity index is 1.38. The van der Waals surface area contributed by atoms with E-state index in [2.05, 4.69) is 18.3 Å². The molecule has 1 fully saturated rings. The molecule has 0 aromatic heterocycles. The van der Waals surface area contributed by atoms with Crippen molar-refractivity contribution in [1.82, 2.24) is 5.32 Å². The first-order chi connectivity index (χ1) is 18.9. The van der Waals surface area contributed by atoms with Gasteiger partial charge in [0.25, 0.3) is 5.91 Å². The summed E-state index contributed by atoms with van der Waals surface area (Å²) in [7, 11) is 3.21. The van der Waals surface area contributed by atoms with E-state index in [1.807, 2.05) is 12.1 Å². The molecular weight excluding hydrogens is 498 g/mol. The number of carbonyl (C=O) groups is 2. The quantitative estimate of drug-likeness (QED) is 0.294. The van der Waals surface area contributed by atoms with Crippen molar-refractivity contribution < 1.29 is 33.6 Å². The van der Waals surface area contributed by atoms with E-state index in [9.17, 15) is 9.59 Å². The molecule has 1 saturated carbocycles. The Bertz CT molecular complexity index is 1160. The van der Waals surface area contributed by atoms with Gasteiger partial charge in [0.15, 0.2) is 0 Å². The van der Waals surface area contributed by atoms with Gasteiger partial charge in [-0.3, -0.25) is 9.59 Å². The molecule has 2 N–H and O–H groups in total. The van der Waals surface area contributed by atoms with Crippen molar-refractivity contribution in [3.8, 4) is 23.0 Å². The van der Waals surface area contributed by atoms with Gasteiger partial charge in [-0.1, -0.05) is 19.4 Å². The van der Waals surface area contributed by atoms with Crippen molar-refractivity contribution in [2.24, 2.45) is 5.92 Å². The SMILES string of the molecule is CCCc1c(OCCCOc2ccc(C(=O)NC)c(OC)c2CC2CC2)ccc2c1O[C@H](CCC(=O)O)CC2. The fourth-order valence-corrected chi connectivity index (χ4v) is 5.17. The Morgan fingerprint density at radius 3 is 2.41 bits per heavy atom. The number of aryl methyl sites for hydroxylation is 1. The fourth-order valence-electron chi connectivity index (χ4n) is 5.17. The van der Waals surface area contributed by atoms with Gasteiger partial charge < -0.3 is 29.4 Å². The minimum Gasteiger partial charge on any atom is -0.495 e. The normalized spacial score (nSPS) is 16.1. The van der Waals surface area contributed by atoms with E-state index in [0.717, 1.165) is 66.0 Å². The maximum atomic E-state index is 12.4. The van der Waals surface area contributed by atoms with E-state index in [1.165, 1.54) is 12.8 Å². The number of hydrogen-bond donors (Lipinski definition) is 2. The monoisotopic (exact) mass is 539 g/mol. The van der Waals surface area contributed by atoms with E-state index in [4.69, 9.17) is 24.1 Å². The lowest BCUT2D eigenvalue weighted by Crippen LogP contribution is -2.24. The summed E-state index contributed by atoms with van der Waals surface area (Å²) in [5.41, 5.74) is 3.71. The van der Waals surface area contributed by atoms with Crippen molar-refractivity contribution in [3.05, 3.63) is 46.5 Å². The summed E-state index contributed by atoms with van der Waals surface area (Å²) in [5, 5.41) is 11.7. The zero-order valence-electron chi connectivity index (χ0n) is 23.3. The molecule has 1 amide bonds. The number of aliphatic carboxylic acids is 1. The maximum Gasteiger partial charge on any atom is 0.303 e. The molecule has 0 unspecified atom stereocenters. The summed E-state index contributed by atoms with van der Waals surface area (Å²) in [5.74, 6) is 2.69. The molecule has 4 rings (SSSR count). The molecule has 8 heteroatoms. The van der Waals surface area contributed by atoms with Gasteiger partial charge in [0.05, 0.1) is 32.0 Å². The Hall–Kier alpha value is -3.42. The number of benzene rings is 2. The van der Waals surface area contributed by atoms with Gasteiger partial charge in [-0.2, -0.15) is 0 Å². The molecular formula is C31H41NO7. The summed E-state index contributed by atoms with van der Waals surface area (Å²) in [6.45, 7) is 3.09. The van der Waals surface area contributed by atoms with Crippen molar-refractivity contribution in [2.45, 2.75) is 77.2 Å². The van der Waals surface area contributed by atoms with Crippen LogP contribution in [0.5, 0.6) is 23.0 Å². The molecule has 2 aromatic carbocycles. The van der Waals surface area contributed by atoms with E-state index < -0.39 is 5.97 Å². The largest absolute Gasteiger partial charge is 0.495 e. The van der Waals surface area contributed by atoms with Crippen LogP contribution in [0.1, 0.15) is 78.9 Å². The number of carbonyl (C=O) groups excluding carboxylic acids is 1. The highest BCUT2D eigenvalue weighted by atomic mass is 16.5. The summed E-state index contributed by atoms with van der Waals surface area (Å²) in [4.78, 5) is 23.4. The summed E-state index contributed by atoms with van der Waals surface area (Å²) in [6.07, 6.45) is 7.95. The van der Waals surface area contributed by atoms with E-state index in [-0.39, 0.29) is 18.4 Å². The number of carboxylic acids is 1. The molecule has 0 saturated heterocycles. The fraction of sp³-hybridized carbons (Fsp3) is 0.548. The number of carboxylic acid groups (broad SMARTS) is 1. The smallest absolute Gasteiger partial charge is 0.303 e. The number of methoxy groups -OCH3 is 1. The maximum absolute atomic E-state index is 12.4. The lowest BCUT2D eigenvalue weighted by molar-refractivity contribution is -0.137. The van der Waals surface area contributed by atoms with Crippen LogP contribution in [0.25, 0.3) is 0 Å². The molecule has 1 aliphatic carbocycles. The molecule has 2 aromatic rings. The van der Waals surface area contributed by atoms with Gasteiger partial charge >= 0.3 is 5.97 Å². The lowest BCUT2D eigenvalue weighted by atomic mass is 9.95. The zero-order valence-corrected chi connectivity index (χ0v) is 23.3. The minimum absolute atomic E-state index is 0.0792. The second-order valence-corrected chi connectivity index (χ2v) is 10.4. The first-order valence-corrected chi connectivity index (χ1v) is 14.2. The lowest BCUT2D eigenvalue weighted by Gasteiger charge is -2.29. The second-order valence-electron chi connectivity index (χ2n) is 10.4. The molecule has 2 aliphatic rings. The van der Waals surface area contributed by atoms with Crippen LogP contribution in [0, 0.1) is 5.92 Å². The van der Waals surface area contributed by atoms with Gasteiger partial charge in [0, 0.05) is 31.0 Å². The highest BCUT2D eigenvalue weighted by Gasteiger charge is 2.28. The number of nitrogens with one attached hydrogen (secondary N) is 1. The predicted molar refractivity (Wildman–Crippen MR) is 148 cm³/mol. The third-order valence-corrected chi connectivity index (χ3v) is 7.39.